The smallest absolute Gasteiger partial charge is 0.269 e. The number of sulfonamides is 1. The molecule has 4 unspecified atom stereocenters. The maximum absolute atomic E-state index is 12.8. The van der Waals surface area contributed by atoms with Gasteiger partial charge in [-0.05, 0) is 55.0 Å². The molecule has 1 heterocycles. The summed E-state index contributed by atoms with van der Waals surface area (Å²) in [4.78, 5) is 11.1. The maximum atomic E-state index is 12.8. The lowest BCUT2D eigenvalue weighted by Crippen LogP contribution is -2.33. The predicted molar refractivity (Wildman–Crippen MR) is 116 cm³/mol. The molecule has 4 rings (SSSR count). The number of hydrogen-bond donors (Lipinski definition) is 2. The summed E-state index contributed by atoms with van der Waals surface area (Å²) in [5.41, 5.74) is 2.74. The minimum Gasteiger partial charge on any atom is -0.378 e. The molecule has 8 heteroatoms. The molecule has 0 radical (unpaired) electrons. The maximum Gasteiger partial charge on any atom is 0.269 e. The molecule has 0 aromatic heterocycles. The monoisotopic (exact) mass is 427 g/mol. The lowest BCUT2D eigenvalue weighted by Gasteiger charge is -2.37. The molecule has 0 amide bonds. The third-order valence-electron chi connectivity index (χ3n) is 6.05. The average molecular weight is 428 g/mol. The van der Waals surface area contributed by atoms with Gasteiger partial charge in [-0.15, -0.1) is 0 Å². The van der Waals surface area contributed by atoms with Crippen molar-refractivity contribution in [2.24, 2.45) is 5.92 Å². The molecule has 4 atom stereocenters. The van der Waals surface area contributed by atoms with Gasteiger partial charge < -0.3 is 5.32 Å². The van der Waals surface area contributed by atoms with Crippen LogP contribution in [0, 0.1) is 16.0 Å². The number of non-ortho nitro benzene ring substituents is 1. The van der Waals surface area contributed by atoms with Gasteiger partial charge in [-0.1, -0.05) is 31.2 Å². The number of nitro benzene ring substituents is 1. The highest BCUT2D eigenvalue weighted by Crippen LogP contribution is 2.50. The van der Waals surface area contributed by atoms with E-state index in [1.54, 1.807) is 30.3 Å². The summed E-state index contributed by atoms with van der Waals surface area (Å²) in [6, 6.07) is 11.7. The zero-order chi connectivity index (χ0) is 21.5. The molecule has 2 aromatic rings. The molecular weight excluding hydrogens is 402 g/mol. The van der Waals surface area contributed by atoms with E-state index in [1.807, 2.05) is 19.9 Å². The second-order valence-corrected chi connectivity index (χ2v) is 9.72. The van der Waals surface area contributed by atoms with Crippen LogP contribution in [0.2, 0.25) is 0 Å². The summed E-state index contributed by atoms with van der Waals surface area (Å²) < 4.78 is 28.2. The molecule has 0 fully saturated rings. The topological polar surface area (TPSA) is 101 Å². The van der Waals surface area contributed by atoms with Crippen LogP contribution in [0.4, 0.5) is 11.4 Å². The second-order valence-electron chi connectivity index (χ2n) is 8.01. The second kappa shape index (κ2) is 7.85. The van der Waals surface area contributed by atoms with Crippen LogP contribution >= 0.6 is 0 Å². The normalized spacial score (nSPS) is 23.3. The summed E-state index contributed by atoms with van der Waals surface area (Å²) in [5.74, 6) is 0.226. The van der Waals surface area contributed by atoms with Crippen LogP contribution in [0.15, 0.2) is 59.5 Å². The minimum atomic E-state index is -3.59. The van der Waals surface area contributed by atoms with Crippen molar-refractivity contribution in [2.45, 2.75) is 49.6 Å². The van der Waals surface area contributed by atoms with Gasteiger partial charge in [0.15, 0.2) is 0 Å². The van der Waals surface area contributed by atoms with Crippen molar-refractivity contribution in [3.05, 3.63) is 75.9 Å². The zero-order valence-corrected chi connectivity index (χ0v) is 17.7. The molecule has 0 spiro atoms. The largest absolute Gasteiger partial charge is 0.378 e. The average Bonchev–Trinajstić information content (AvgIpc) is 3.22. The van der Waals surface area contributed by atoms with Gasteiger partial charge >= 0.3 is 0 Å². The highest BCUT2D eigenvalue weighted by atomic mass is 32.2. The Balaban J connectivity index is 1.71. The van der Waals surface area contributed by atoms with E-state index in [1.165, 1.54) is 6.07 Å². The van der Waals surface area contributed by atoms with Crippen LogP contribution in [0.3, 0.4) is 0 Å². The highest BCUT2D eigenvalue weighted by Gasteiger charge is 2.38. The van der Waals surface area contributed by atoms with Crippen molar-refractivity contribution < 1.29 is 13.3 Å². The SMILES string of the molecule is CCC(C)NS(=O)(=O)c1ccc2c(c1)C1C=CCC1C(c1cccc([N+](=O)[O-])c1)N2. The first kappa shape index (κ1) is 20.6. The van der Waals surface area contributed by atoms with Gasteiger partial charge in [0.25, 0.3) is 5.69 Å². The van der Waals surface area contributed by atoms with E-state index in [-0.39, 0.29) is 39.4 Å². The van der Waals surface area contributed by atoms with Crippen LogP contribution in [0.5, 0.6) is 0 Å². The number of hydrogen-bond acceptors (Lipinski definition) is 5. The fraction of sp³-hybridized carbons (Fsp3) is 0.364. The van der Waals surface area contributed by atoms with Crippen LogP contribution in [0.1, 0.15) is 49.8 Å². The number of benzene rings is 2. The van der Waals surface area contributed by atoms with Crippen LogP contribution < -0.4 is 10.0 Å². The van der Waals surface area contributed by atoms with Gasteiger partial charge in [-0.3, -0.25) is 10.1 Å². The lowest BCUT2D eigenvalue weighted by molar-refractivity contribution is -0.384. The first-order valence-corrected chi connectivity index (χ1v) is 11.6. The van der Waals surface area contributed by atoms with Gasteiger partial charge in [-0.2, -0.15) is 0 Å². The quantitative estimate of drug-likeness (QED) is 0.402. The molecule has 0 bridgehead atoms. The van der Waals surface area contributed by atoms with Crippen molar-refractivity contribution in [1.29, 1.82) is 0 Å². The molecule has 2 N–H and O–H groups in total. The van der Waals surface area contributed by atoms with E-state index in [2.05, 4.69) is 22.2 Å². The highest BCUT2D eigenvalue weighted by molar-refractivity contribution is 7.89. The Morgan fingerprint density at radius 2 is 2.07 bits per heavy atom. The number of nitrogens with one attached hydrogen (secondary N) is 2. The van der Waals surface area contributed by atoms with Gasteiger partial charge in [0.1, 0.15) is 0 Å². The number of nitrogens with zero attached hydrogens (tertiary/aromatic N) is 1. The lowest BCUT2D eigenvalue weighted by atomic mass is 9.77. The molecule has 1 aliphatic heterocycles. The summed E-state index contributed by atoms with van der Waals surface area (Å²) in [5, 5.41) is 14.7. The summed E-state index contributed by atoms with van der Waals surface area (Å²) in [6.45, 7) is 3.78. The molecule has 7 nitrogen and oxygen atoms in total. The van der Waals surface area contributed by atoms with Gasteiger partial charge in [0.2, 0.25) is 10.0 Å². The number of fused-ring (bicyclic) bond motifs is 3. The fourth-order valence-corrected chi connectivity index (χ4v) is 5.68. The van der Waals surface area contributed by atoms with Gasteiger partial charge in [0.05, 0.1) is 15.9 Å². The van der Waals surface area contributed by atoms with Crippen molar-refractivity contribution in [1.82, 2.24) is 4.72 Å². The Morgan fingerprint density at radius 3 is 2.80 bits per heavy atom. The van der Waals surface area contributed by atoms with E-state index in [0.29, 0.717) is 6.42 Å². The van der Waals surface area contributed by atoms with Crippen molar-refractivity contribution in [3.8, 4) is 0 Å². The zero-order valence-electron chi connectivity index (χ0n) is 16.9. The predicted octanol–water partition coefficient (Wildman–Crippen LogP) is 4.50. The molecule has 0 saturated heterocycles. The summed E-state index contributed by atoms with van der Waals surface area (Å²) in [6.07, 6.45) is 5.76. The minimum absolute atomic E-state index is 0.0595. The molecule has 1 aliphatic carbocycles. The molecule has 0 saturated carbocycles. The fourth-order valence-electron chi connectivity index (χ4n) is 4.32. The molecule has 30 heavy (non-hydrogen) atoms. The third-order valence-corrected chi connectivity index (χ3v) is 7.64. The van der Waals surface area contributed by atoms with E-state index in [9.17, 15) is 18.5 Å². The van der Waals surface area contributed by atoms with Crippen molar-refractivity contribution in [2.75, 3.05) is 5.32 Å². The van der Waals surface area contributed by atoms with Crippen molar-refractivity contribution >= 4 is 21.4 Å². The van der Waals surface area contributed by atoms with E-state index < -0.39 is 10.0 Å². The number of nitro groups is 1. The summed E-state index contributed by atoms with van der Waals surface area (Å²) in [7, 11) is -3.59. The first-order valence-electron chi connectivity index (χ1n) is 10.1. The standard InChI is InChI=1S/C22H25N3O4S/c1-3-14(2)24-30(28,29)17-10-11-21-20(13-17)18-8-5-9-19(18)22(23-21)15-6-4-7-16(12-15)25(26)27/h4-8,10-14,18-19,22-24H,3,9H2,1-2H3. The Kier molecular flexibility index (Phi) is 5.38. The summed E-state index contributed by atoms with van der Waals surface area (Å²) >= 11 is 0. The third kappa shape index (κ3) is 3.73. The molecular formula is C22H25N3O4S. The number of anilines is 1. The van der Waals surface area contributed by atoms with E-state index >= 15 is 0 Å². The molecule has 2 aromatic carbocycles. The number of rotatable bonds is 6. The Morgan fingerprint density at radius 1 is 1.27 bits per heavy atom. The Labute approximate surface area is 176 Å². The van der Waals surface area contributed by atoms with Crippen LogP contribution in [-0.2, 0) is 10.0 Å². The van der Waals surface area contributed by atoms with E-state index in [0.717, 1.165) is 23.2 Å². The van der Waals surface area contributed by atoms with Crippen LogP contribution in [0.25, 0.3) is 0 Å². The van der Waals surface area contributed by atoms with Gasteiger partial charge in [-0.25, -0.2) is 13.1 Å². The van der Waals surface area contributed by atoms with Crippen molar-refractivity contribution in [3.63, 3.8) is 0 Å². The number of allylic oxidation sites excluding steroid dienone is 2. The van der Waals surface area contributed by atoms with E-state index in [4.69, 9.17) is 0 Å². The van der Waals surface area contributed by atoms with Gasteiger partial charge in [0, 0.05) is 29.8 Å². The Hall–Kier alpha value is -2.71. The molecule has 158 valence electrons. The van der Waals surface area contributed by atoms with Crippen LogP contribution in [-0.4, -0.2) is 19.4 Å². The Bertz CT molecular complexity index is 1110. The molecule has 2 aliphatic rings. The first-order chi connectivity index (χ1) is 14.3.